The minimum absolute atomic E-state index is 0.116. The van der Waals surface area contributed by atoms with Crippen molar-refractivity contribution in [3.63, 3.8) is 0 Å². The summed E-state index contributed by atoms with van der Waals surface area (Å²) < 4.78 is 2.30. The molecular weight excluding hydrogens is 288 g/mol. The van der Waals surface area contributed by atoms with Gasteiger partial charge >= 0.3 is 0 Å². The third kappa shape index (κ3) is 3.72. The lowest BCUT2D eigenvalue weighted by Gasteiger charge is -2.34. The maximum Gasteiger partial charge on any atom is 0.238 e. The first-order valence-electron chi connectivity index (χ1n) is 7.90. The van der Waals surface area contributed by atoms with Crippen LogP contribution in [0.1, 0.15) is 25.3 Å². The molecule has 1 saturated heterocycles. The monoisotopic (exact) mass is 308 g/mol. The first-order chi connectivity index (χ1) is 11.3. The van der Waals surface area contributed by atoms with Crippen molar-refractivity contribution in [3.8, 4) is 6.07 Å². The standard InChI is InChI=1S/C18H20N4O/c19-10-7-18(23)20-15-3-5-16(6-4-15)22-13-8-17(9-14-22)21-11-1-2-12-21/h1-6,11-12,17H,7-9,13-14H2,(H,20,23). The maximum absolute atomic E-state index is 11.4. The van der Waals surface area contributed by atoms with Crippen molar-refractivity contribution < 1.29 is 4.79 Å². The van der Waals surface area contributed by atoms with E-state index in [0.29, 0.717) is 6.04 Å². The molecule has 2 heterocycles. The first kappa shape index (κ1) is 15.2. The van der Waals surface area contributed by atoms with E-state index in [4.69, 9.17) is 5.26 Å². The Balaban J connectivity index is 1.56. The van der Waals surface area contributed by atoms with Crippen LogP contribution in [0.25, 0.3) is 0 Å². The summed E-state index contributed by atoms with van der Waals surface area (Å²) in [7, 11) is 0. The summed E-state index contributed by atoms with van der Waals surface area (Å²) in [5.74, 6) is -0.271. The third-order valence-corrected chi connectivity index (χ3v) is 4.27. The van der Waals surface area contributed by atoms with Crippen molar-refractivity contribution >= 4 is 17.3 Å². The van der Waals surface area contributed by atoms with Crippen LogP contribution in [0, 0.1) is 11.3 Å². The second-order valence-electron chi connectivity index (χ2n) is 5.78. The van der Waals surface area contributed by atoms with Crippen LogP contribution in [0.2, 0.25) is 0 Å². The fraction of sp³-hybridized carbons (Fsp3) is 0.333. The summed E-state index contributed by atoms with van der Waals surface area (Å²) >= 11 is 0. The van der Waals surface area contributed by atoms with Gasteiger partial charge in [0.25, 0.3) is 0 Å². The molecule has 1 N–H and O–H groups in total. The molecule has 0 atom stereocenters. The highest BCUT2D eigenvalue weighted by Crippen LogP contribution is 2.27. The van der Waals surface area contributed by atoms with Crippen molar-refractivity contribution in [1.82, 2.24) is 4.57 Å². The summed E-state index contributed by atoms with van der Waals surface area (Å²) in [5.41, 5.74) is 1.91. The molecule has 0 saturated carbocycles. The quantitative estimate of drug-likeness (QED) is 0.943. The van der Waals surface area contributed by atoms with Crippen LogP contribution in [0.15, 0.2) is 48.8 Å². The van der Waals surface area contributed by atoms with E-state index >= 15 is 0 Å². The van der Waals surface area contributed by atoms with E-state index in [1.165, 1.54) is 5.69 Å². The molecule has 1 aromatic heterocycles. The highest BCUT2D eigenvalue weighted by Gasteiger charge is 2.20. The number of aromatic nitrogens is 1. The van der Waals surface area contributed by atoms with Crippen LogP contribution in [-0.4, -0.2) is 23.6 Å². The molecular formula is C18H20N4O. The molecule has 0 aliphatic carbocycles. The van der Waals surface area contributed by atoms with E-state index < -0.39 is 0 Å². The normalized spacial score (nSPS) is 15.2. The largest absolute Gasteiger partial charge is 0.371 e. The van der Waals surface area contributed by atoms with Crippen LogP contribution in [0.4, 0.5) is 11.4 Å². The number of nitrogens with one attached hydrogen (secondary N) is 1. The summed E-state index contributed by atoms with van der Waals surface area (Å²) in [6.45, 7) is 2.06. The van der Waals surface area contributed by atoms with Crippen LogP contribution in [0.5, 0.6) is 0 Å². The Morgan fingerprint density at radius 2 is 1.83 bits per heavy atom. The van der Waals surface area contributed by atoms with Gasteiger partial charge in [0.05, 0.1) is 6.07 Å². The number of nitrogens with zero attached hydrogens (tertiary/aromatic N) is 3. The summed E-state index contributed by atoms with van der Waals surface area (Å²) in [4.78, 5) is 13.8. The van der Waals surface area contributed by atoms with Crippen molar-refractivity contribution in [2.75, 3.05) is 23.3 Å². The lowest BCUT2D eigenvalue weighted by atomic mass is 10.0. The zero-order chi connectivity index (χ0) is 16.1. The maximum atomic E-state index is 11.4. The fourth-order valence-electron chi connectivity index (χ4n) is 3.05. The second-order valence-corrected chi connectivity index (χ2v) is 5.78. The Bertz CT molecular complexity index is 677. The minimum atomic E-state index is -0.271. The van der Waals surface area contributed by atoms with Crippen LogP contribution >= 0.6 is 0 Å². The topological polar surface area (TPSA) is 61.1 Å². The SMILES string of the molecule is N#CCC(=O)Nc1ccc(N2CCC(n3cccc3)CC2)cc1. The van der Waals surface area contributed by atoms with Crippen molar-refractivity contribution in [2.24, 2.45) is 0 Å². The Kier molecular flexibility index (Phi) is 4.62. The van der Waals surface area contributed by atoms with Gasteiger partial charge in [-0.2, -0.15) is 5.26 Å². The predicted octanol–water partition coefficient (Wildman–Crippen LogP) is 3.18. The summed E-state index contributed by atoms with van der Waals surface area (Å²) in [5, 5.41) is 11.2. The molecule has 5 heteroatoms. The minimum Gasteiger partial charge on any atom is -0.371 e. The van der Waals surface area contributed by atoms with Crippen LogP contribution in [0.3, 0.4) is 0 Å². The Labute approximate surface area is 136 Å². The van der Waals surface area contributed by atoms with Gasteiger partial charge in [0.2, 0.25) is 5.91 Å². The van der Waals surface area contributed by atoms with Gasteiger partial charge in [-0.15, -0.1) is 0 Å². The number of carbonyl (C=O) groups excluding carboxylic acids is 1. The molecule has 5 nitrogen and oxygen atoms in total. The van der Waals surface area contributed by atoms with Gasteiger partial charge in [0, 0.05) is 42.9 Å². The number of piperidine rings is 1. The molecule has 0 unspecified atom stereocenters. The second kappa shape index (κ2) is 7.01. The Morgan fingerprint density at radius 3 is 2.43 bits per heavy atom. The third-order valence-electron chi connectivity index (χ3n) is 4.27. The van der Waals surface area contributed by atoms with Gasteiger partial charge in [-0.1, -0.05) is 0 Å². The van der Waals surface area contributed by atoms with Crippen LogP contribution in [-0.2, 0) is 4.79 Å². The van der Waals surface area contributed by atoms with E-state index in [0.717, 1.165) is 31.6 Å². The molecule has 1 aromatic carbocycles. The van der Waals surface area contributed by atoms with E-state index in [-0.39, 0.29) is 12.3 Å². The zero-order valence-electron chi connectivity index (χ0n) is 13.0. The lowest BCUT2D eigenvalue weighted by Crippen LogP contribution is -2.34. The molecule has 0 bridgehead atoms. The Morgan fingerprint density at radius 1 is 1.17 bits per heavy atom. The predicted molar refractivity (Wildman–Crippen MR) is 90.2 cm³/mol. The fourth-order valence-corrected chi connectivity index (χ4v) is 3.05. The number of rotatable bonds is 4. The smallest absolute Gasteiger partial charge is 0.238 e. The summed E-state index contributed by atoms with van der Waals surface area (Å²) in [6.07, 6.45) is 6.43. The molecule has 1 amide bonds. The first-order valence-corrected chi connectivity index (χ1v) is 7.90. The number of hydrogen-bond donors (Lipinski definition) is 1. The molecule has 1 fully saturated rings. The van der Waals surface area contributed by atoms with Gasteiger partial charge in [-0.25, -0.2) is 0 Å². The van der Waals surface area contributed by atoms with Gasteiger partial charge in [0.15, 0.2) is 0 Å². The van der Waals surface area contributed by atoms with E-state index in [1.54, 1.807) is 0 Å². The van der Waals surface area contributed by atoms with Crippen LogP contribution < -0.4 is 10.2 Å². The average Bonchev–Trinajstić information content (AvgIpc) is 3.10. The van der Waals surface area contributed by atoms with Crippen molar-refractivity contribution in [3.05, 3.63) is 48.8 Å². The molecule has 23 heavy (non-hydrogen) atoms. The van der Waals surface area contributed by atoms with E-state index in [2.05, 4.69) is 39.3 Å². The number of hydrogen-bond acceptors (Lipinski definition) is 3. The molecule has 0 radical (unpaired) electrons. The van der Waals surface area contributed by atoms with E-state index in [1.807, 2.05) is 30.3 Å². The molecule has 0 spiro atoms. The molecule has 1 aliphatic heterocycles. The highest BCUT2D eigenvalue weighted by molar-refractivity contribution is 5.92. The zero-order valence-corrected chi connectivity index (χ0v) is 13.0. The highest BCUT2D eigenvalue weighted by atomic mass is 16.1. The van der Waals surface area contributed by atoms with E-state index in [9.17, 15) is 4.79 Å². The molecule has 3 rings (SSSR count). The van der Waals surface area contributed by atoms with Crippen molar-refractivity contribution in [2.45, 2.75) is 25.3 Å². The number of carbonyl (C=O) groups is 1. The number of nitriles is 1. The lowest BCUT2D eigenvalue weighted by molar-refractivity contribution is -0.115. The summed E-state index contributed by atoms with van der Waals surface area (Å²) in [6, 6.07) is 14.4. The number of amides is 1. The van der Waals surface area contributed by atoms with Gasteiger partial charge < -0.3 is 14.8 Å². The number of anilines is 2. The van der Waals surface area contributed by atoms with Gasteiger partial charge in [-0.05, 0) is 49.2 Å². The van der Waals surface area contributed by atoms with Gasteiger partial charge in [-0.3, -0.25) is 4.79 Å². The average molecular weight is 308 g/mol. The molecule has 2 aromatic rings. The van der Waals surface area contributed by atoms with Gasteiger partial charge in [0.1, 0.15) is 6.42 Å². The molecule has 1 aliphatic rings. The number of benzene rings is 1. The molecule has 118 valence electrons. The Hall–Kier alpha value is -2.74. The van der Waals surface area contributed by atoms with Crippen molar-refractivity contribution in [1.29, 1.82) is 5.26 Å².